The van der Waals surface area contributed by atoms with E-state index in [0.29, 0.717) is 6.04 Å². The first-order valence-corrected chi connectivity index (χ1v) is 9.44. The van der Waals surface area contributed by atoms with E-state index >= 15 is 0 Å². The number of carbonyl (C=O) groups is 1. The number of likely N-dealkylation sites (tertiary alicyclic amines) is 1. The third-order valence-corrected chi connectivity index (χ3v) is 6.14. The molecule has 4 rings (SSSR count). The number of hydrogen-bond donors (Lipinski definition) is 1. The third-order valence-electron chi connectivity index (χ3n) is 5.06. The van der Waals surface area contributed by atoms with Gasteiger partial charge in [0.15, 0.2) is 0 Å². The number of hydrogen-bond acceptors (Lipinski definition) is 6. The standard InChI is InChI=1S/C16H24N4O2S/c21-16(14-10-18-15(23-14)13-2-1-9-22-13)20-6-3-12(11-20)19-7-4-17-5-8-19/h10,12-13,17H,1-9,11H2. The number of nitrogens with zero attached hydrogens (tertiary/aromatic N) is 3. The maximum Gasteiger partial charge on any atom is 0.265 e. The minimum Gasteiger partial charge on any atom is -0.371 e. The van der Waals surface area contributed by atoms with Crippen LogP contribution in [0.1, 0.15) is 40.0 Å². The zero-order chi connectivity index (χ0) is 15.6. The number of ether oxygens (including phenoxy) is 1. The summed E-state index contributed by atoms with van der Waals surface area (Å²) in [5.41, 5.74) is 0. The lowest BCUT2D eigenvalue weighted by molar-refractivity contribution is 0.0778. The van der Waals surface area contributed by atoms with Gasteiger partial charge in [-0.15, -0.1) is 11.3 Å². The molecule has 4 heterocycles. The molecule has 0 saturated carbocycles. The molecule has 0 bridgehead atoms. The third kappa shape index (κ3) is 3.28. The van der Waals surface area contributed by atoms with Crippen LogP contribution in [0.15, 0.2) is 6.20 Å². The highest BCUT2D eigenvalue weighted by atomic mass is 32.1. The van der Waals surface area contributed by atoms with Gasteiger partial charge < -0.3 is 15.0 Å². The molecule has 3 fully saturated rings. The molecule has 3 saturated heterocycles. The van der Waals surface area contributed by atoms with Crippen molar-refractivity contribution in [1.29, 1.82) is 0 Å². The number of nitrogens with one attached hydrogen (secondary N) is 1. The van der Waals surface area contributed by atoms with Crippen LogP contribution in [0.3, 0.4) is 0 Å². The van der Waals surface area contributed by atoms with Gasteiger partial charge in [-0.1, -0.05) is 0 Å². The fourth-order valence-electron chi connectivity index (χ4n) is 3.74. The largest absolute Gasteiger partial charge is 0.371 e. The van der Waals surface area contributed by atoms with Crippen molar-refractivity contribution in [2.45, 2.75) is 31.4 Å². The summed E-state index contributed by atoms with van der Waals surface area (Å²) in [5.74, 6) is 0.143. The summed E-state index contributed by atoms with van der Waals surface area (Å²) >= 11 is 1.51. The minimum absolute atomic E-state index is 0.105. The average Bonchev–Trinajstić information content (AvgIpc) is 3.35. The Bertz CT molecular complexity index is 552. The monoisotopic (exact) mass is 336 g/mol. The molecule has 3 aliphatic rings. The molecule has 1 aromatic heterocycles. The summed E-state index contributed by atoms with van der Waals surface area (Å²) in [6, 6.07) is 0.520. The predicted molar refractivity (Wildman–Crippen MR) is 88.8 cm³/mol. The molecule has 0 aromatic carbocycles. The van der Waals surface area contributed by atoms with Gasteiger partial charge in [0.2, 0.25) is 0 Å². The van der Waals surface area contributed by atoms with E-state index in [1.54, 1.807) is 6.20 Å². The topological polar surface area (TPSA) is 57.7 Å². The van der Waals surface area contributed by atoms with Crippen LogP contribution in [0.5, 0.6) is 0 Å². The molecule has 23 heavy (non-hydrogen) atoms. The fourth-order valence-corrected chi connectivity index (χ4v) is 4.71. The van der Waals surface area contributed by atoms with Gasteiger partial charge in [-0.3, -0.25) is 9.69 Å². The van der Waals surface area contributed by atoms with Crippen LogP contribution in [0.4, 0.5) is 0 Å². The molecule has 0 spiro atoms. The molecule has 0 radical (unpaired) electrons. The zero-order valence-corrected chi connectivity index (χ0v) is 14.2. The van der Waals surface area contributed by atoms with Gasteiger partial charge in [-0.25, -0.2) is 4.98 Å². The van der Waals surface area contributed by atoms with Gasteiger partial charge in [0.05, 0.1) is 6.20 Å². The summed E-state index contributed by atoms with van der Waals surface area (Å²) in [7, 11) is 0. The normalized spacial score (nSPS) is 29.3. The molecule has 1 aromatic rings. The molecule has 2 unspecified atom stereocenters. The Kier molecular flexibility index (Phi) is 4.61. The van der Waals surface area contributed by atoms with E-state index < -0.39 is 0 Å². The number of rotatable bonds is 3. The Morgan fingerprint density at radius 2 is 2.17 bits per heavy atom. The van der Waals surface area contributed by atoms with E-state index in [0.717, 1.165) is 75.0 Å². The van der Waals surface area contributed by atoms with E-state index in [1.807, 2.05) is 4.90 Å². The molecule has 0 aliphatic carbocycles. The average molecular weight is 336 g/mol. The molecular weight excluding hydrogens is 312 g/mol. The van der Waals surface area contributed by atoms with Gasteiger partial charge in [0, 0.05) is 51.9 Å². The second kappa shape index (κ2) is 6.84. The van der Waals surface area contributed by atoms with Crippen LogP contribution in [-0.4, -0.2) is 72.6 Å². The summed E-state index contributed by atoms with van der Waals surface area (Å²) in [6.45, 7) is 6.83. The van der Waals surface area contributed by atoms with Gasteiger partial charge >= 0.3 is 0 Å². The number of carbonyl (C=O) groups excluding carboxylic acids is 1. The van der Waals surface area contributed by atoms with Crippen molar-refractivity contribution in [3.63, 3.8) is 0 Å². The SMILES string of the molecule is O=C(c1cnc(C2CCCO2)s1)N1CCC(N2CCNCC2)C1. The number of aromatic nitrogens is 1. The minimum atomic E-state index is 0.105. The van der Waals surface area contributed by atoms with E-state index in [4.69, 9.17) is 4.74 Å². The quantitative estimate of drug-likeness (QED) is 0.896. The predicted octanol–water partition coefficient (Wildman–Crippen LogP) is 1.11. The molecular formula is C16H24N4O2S. The first kappa shape index (κ1) is 15.5. The van der Waals surface area contributed by atoms with Crippen molar-refractivity contribution in [3.8, 4) is 0 Å². The highest BCUT2D eigenvalue weighted by molar-refractivity contribution is 7.13. The molecule has 2 atom stereocenters. The van der Waals surface area contributed by atoms with E-state index in [-0.39, 0.29) is 12.0 Å². The smallest absolute Gasteiger partial charge is 0.265 e. The first-order valence-electron chi connectivity index (χ1n) is 8.62. The molecule has 3 aliphatic heterocycles. The Morgan fingerprint density at radius 3 is 2.96 bits per heavy atom. The van der Waals surface area contributed by atoms with Crippen molar-refractivity contribution in [2.75, 3.05) is 45.9 Å². The van der Waals surface area contributed by atoms with E-state index in [2.05, 4.69) is 15.2 Å². The fraction of sp³-hybridized carbons (Fsp3) is 0.750. The van der Waals surface area contributed by atoms with Gasteiger partial charge in [-0.2, -0.15) is 0 Å². The van der Waals surface area contributed by atoms with Gasteiger partial charge in [-0.05, 0) is 19.3 Å². The van der Waals surface area contributed by atoms with E-state index in [1.165, 1.54) is 11.3 Å². The highest BCUT2D eigenvalue weighted by Crippen LogP contribution is 2.32. The molecule has 126 valence electrons. The van der Waals surface area contributed by atoms with Crippen LogP contribution < -0.4 is 5.32 Å². The van der Waals surface area contributed by atoms with Gasteiger partial charge in [0.25, 0.3) is 5.91 Å². The number of thiazole rings is 1. The maximum atomic E-state index is 12.7. The number of amides is 1. The Hall–Kier alpha value is -1.02. The molecule has 1 amide bonds. The highest BCUT2D eigenvalue weighted by Gasteiger charge is 2.32. The second-order valence-corrected chi connectivity index (χ2v) is 7.61. The maximum absolute atomic E-state index is 12.7. The lowest BCUT2D eigenvalue weighted by Gasteiger charge is -2.32. The van der Waals surface area contributed by atoms with Crippen LogP contribution in [0.2, 0.25) is 0 Å². The lowest BCUT2D eigenvalue weighted by atomic mass is 10.2. The van der Waals surface area contributed by atoms with E-state index in [9.17, 15) is 4.79 Å². The van der Waals surface area contributed by atoms with Crippen molar-refractivity contribution in [1.82, 2.24) is 20.1 Å². The van der Waals surface area contributed by atoms with Crippen molar-refractivity contribution < 1.29 is 9.53 Å². The Balaban J connectivity index is 1.37. The summed E-state index contributed by atoms with van der Waals surface area (Å²) in [4.78, 5) is 22.4. The van der Waals surface area contributed by atoms with Crippen molar-refractivity contribution in [2.24, 2.45) is 0 Å². The van der Waals surface area contributed by atoms with Crippen LogP contribution in [0, 0.1) is 0 Å². The summed E-state index contributed by atoms with van der Waals surface area (Å²) in [5, 5.41) is 4.35. The molecule has 6 nitrogen and oxygen atoms in total. The second-order valence-electron chi connectivity index (χ2n) is 6.54. The van der Waals surface area contributed by atoms with Crippen LogP contribution in [-0.2, 0) is 4.74 Å². The Labute approximate surface area is 140 Å². The lowest BCUT2D eigenvalue weighted by Crippen LogP contribution is -2.49. The van der Waals surface area contributed by atoms with Crippen molar-refractivity contribution >= 4 is 17.2 Å². The summed E-state index contributed by atoms with van der Waals surface area (Å²) < 4.78 is 5.66. The number of piperazine rings is 1. The Morgan fingerprint density at radius 1 is 1.30 bits per heavy atom. The van der Waals surface area contributed by atoms with Crippen LogP contribution >= 0.6 is 11.3 Å². The zero-order valence-electron chi connectivity index (χ0n) is 13.4. The first-order chi connectivity index (χ1) is 11.3. The summed E-state index contributed by atoms with van der Waals surface area (Å²) in [6.07, 6.45) is 5.04. The van der Waals surface area contributed by atoms with Crippen LogP contribution in [0.25, 0.3) is 0 Å². The van der Waals surface area contributed by atoms with Crippen molar-refractivity contribution in [3.05, 3.63) is 16.1 Å². The molecule has 1 N–H and O–H groups in total. The van der Waals surface area contributed by atoms with Gasteiger partial charge in [0.1, 0.15) is 16.0 Å². The molecule has 7 heteroatoms.